The van der Waals surface area contributed by atoms with Gasteiger partial charge in [-0.05, 0) is 17.9 Å². The molecule has 3 aromatic rings. The van der Waals surface area contributed by atoms with Crippen LogP contribution in [0.25, 0.3) is 22.0 Å². The molecule has 1 aromatic carbocycles. The zero-order valence-corrected chi connectivity index (χ0v) is 12.3. The van der Waals surface area contributed by atoms with E-state index in [0.717, 1.165) is 35.3 Å². The van der Waals surface area contributed by atoms with Gasteiger partial charge in [0.15, 0.2) is 0 Å². The van der Waals surface area contributed by atoms with E-state index in [0.29, 0.717) is 0 Å². The largest absolute Gasteiger partial charge is 0.373 e. The molecule has 4 heteroatoms. The summed E-state index contributed by atoms with van der Waals surface area (Å²) in [5, 5.41) is 5.47. The van der Waals surface area contributed by atoms with Crippen LogP contribution in [0.4, 0.5) is 5.82 Å². The van der Waals surface area contributed by atoms with Gasteiger partial charge >= 0.3 is 0 Å². The van der Waals surface area contributed by atoms with Gasteiger partial charge in [0.25, 0.3) is 0 Å². The molecular formula is C17H18N4. The average Bonchev–Trinajstić information content (AvgIpc) is 2.55. The Morgan fingerprint density at radius 3 is 2.86 bits per heavy atom. The van der Waals surface area contributed by atoms with Gasteiger partial charge in [-0.1, -0.05) is 31.5 Å². The van der Waals surface area contributed by atoms with Crippen molar-refractivity contribution in [1.82, 2.24) is 15.0 Å². The second-order valence-corrected chi connectivity index (χ2v) is 4.95. The van der Waals surface area contributed by atoms with Crippen molar-refractivity contribution in [3.8, 4) is 11.3 Å². The topological polar surface area (TPSA) is 50.7 Å². The van der Waals surface area contributed by atoms with Crippen LogP contribution in [0.3, 0.4) is 0 Å². The minimum Gasteiger partial charge on any atom is -0.373 e. The molecule has 0 saturated carbocycles. The molecule has 0 atom stereocenters. The number of anilines is 1. The molecule has 4 nitrogen and oxygen atoms in total. The van der Waals surface area contributed by atoms with E-state index in [1.54, 1.807) is 6.33 Å². The van der Waals surface area contributed by atoms with E-state index in [1.807, 2.05) is 25.5 Å². The molecule has 0 radical (unpaired) electrons. The Kier molecular flexibility index (Phi) is 3.77. The first-order chi connectivity index (χ1) is 10.3. The fourth-order valence-corrected chi connectivity index (χ4v) is 2.68. The first-order valence-corrected chi connectivity index (χ1v) is 7.20. The number of benzene rings is 1. The van der Waals surface area contributed by atoms with Gasteiger partial charge in [0.2, 0.25) is 0 Å². The Labute approximate surface area is 124 Å². The summed E-state index contributed by atoms with van der Waals surface area (Å²) in [6.45, 7) is 2.17. The number of nitrogens with one attached hydrogen (secondary N) is 1. The molecule has 0 fully saturated rings. The average molecular weight is 278 g/mol. The monoisotopic (exact) mass is 278 g/mol. The third-order valence-corrected chi connectivity index (χ3v) is 3.62. The molecule has 1 N–H and O–H groups in total. The van der Waals surface area contributed by atoms with Crippen molar-refractivity contribution in [1.29, 1.82) is 0 Å². The highest BCUT2D eigenvalue weighted by Gasteiger charge is 2.13. The van der Waals surface area contributed by atoms with Crippen LogP contribution in [-0.4, -0.2) is 22.0 Å². The van der Waals surface area contributed by atoms with Crippen molar-refractivity contribution in [2.75, 3.05) is 12.4 Å². The van der Waals surface area contributed by atoms with Crippen molar-refractivity contribution < 1.29 is 0 Å². The number of fused-ring (bicyclic) bond motifs is 1. The Bertz CT molecular complexity index is 762. The normalized spacial score (nSPS) is 10.8. The van der Waals surface area contributed by atoms with Gasteiger partial charge in [0, 0.05) is 36.0 Å². The number of aromatic nitrogens is 3. The molecule has 0 aliphatic rings. The zero-order chi connectivity index (χ0) is 14.7. The molecule has 2 aromatic heterocycles. The summed E-state index contributed by atoms with van der Waals surface area (Å²) in [6.07, 6.45) is 7.35. The lowest BCUT2D eigenvalue weighted by Crippen LogP contribution is -2.03. The van der Waals surface area contributed by atoms with Crippen LogP contribution in [0, 0.1) is 0 Å². The molecular weight excluding hydrogens is 260 g/mol. The number of pyridine rings is 1. The quantitative estimate of drug-likeness (QED) is 0.791. The maximum atomic E-state index is 4.55. The maximum absolute atomic E-state index is 4.55. The van der Waals surface area contributed by atoms with Crippen LogP contribution in [-0.2, 0) is 6.42 Å². The van der Waals surface area contributed by atoms with E-state index >= 15 is 0 Å². The van der Waals surface area contributed by atoms with Gasteiger partial charge in [-0.3, -0.25) is 4.98 Å². The third-order valence-electron chi connectivity index (χ3n) is 3.62. The van der Waals surface area contributed by atoms with Crippen LogP contribution in [0.5, 0.6) is 0 Å². The van der Waals surface area contributed by atoms with E-state index in [9.17, 15) is 0 Å². The second kappa shape index (κ2) is 5.87. The lowest BCUT2D eigenvalue weighted by molar-refractivity contribution is 0.906. The molecule has 0 unspecified atom stereocenters. The molecule has 106 valence electrons. The number of rotatable bonds is 4. The van der Waals surface area contributed by atoms with Crippen LogP contribution >= 0.6 is 0 Å². The summed E-state index contributed by atoms with van der Waals surface area (Å²) in [6, 6.07) is 8.28. The standard InChI is InChI=1S/C17H18N4/c1-3-5-15-16(20-11-21-17(15)18-2)14-7-4-6-12-10-19-9-8-13(12)14/h4,6-11H,3,5H2,1-2H3,(H,18,20,21). The smallest absolute Gasteiger partial charge is 0.132 e. The van der Waals surface area contributed by atoms with Crippen LogP contribution in [0.15, 0.2) is 43.0 Å². The van der Waals surface area contributed by atoms with Crippen molar-refractivity contribution in [3.63, 3.8) is 0 Å². The summed E-state index contributed by atoms with van der Waals surface area (Å²) >= 11 is 0. The van der Waals surface area contributed by atoms with Gasteiger partial charge in [0.05, 0.1) is 5.69 Å². The molecule has 0 amide bonds. The number of nitrogens with zero attached hydrogens (tertiary/aromatic N) is 3. The fraction of sp³-hybridized carbons (Fsp3) is 0.235. The predicted molar refractivity (Wildman–Crippen MR) is 86.3 cm³/mol. The van der Waals surface area contributed by atoms with Crippen molar-refractivity contribution in [3.05, 3.63) is 48.5 Å². The van der Waals surface area contributed by atoms with Gasteiger partial charge in [-0.15, -0.1) is 0 Å². The Balaban J connectivity index is 2.28. The van der Waals surface area contributed by atoms with Gasteiger partial charge in [-0.25, -0.2) is 9.97 Å². The Morgan fingerprint density at radius 2 is 2.05 bits per heavy atom. The van der Waals surface area contributed by atoms with E-state index < -0.39 is 0 Å². The van der Waals surface area contributed by atoms with Crippen molar-refractivity contribution in [2.24, 2.45) is 0 Å². The van der Waals surface area contributed by atoms with E-state index in [-0.39, 0.29) is 0 Å². The first-order valence-electron chi connectivity index (χ1n) is 7.20. The summed E-state index contributed by atoms with van der Waals surface area (Å²) in [7, 11) is 1.90. The lowest BCUT2D eigenvalue weighted by Gasteiger charge is -2.13. The van der Waals surface area contributed by atoms with Gasteiger partial charge in [0.1, 0.15) is 12.1 Å². The van der Waals surface area contributed by atoms with E-state index in [1.165, 1.54) is 10.9 Å². The lowest BCUT2D eigenvalue weighted by atomic mass is 9.98. The highest BCUT2D eigenvalue weighted by molar-refractivity contribution is 5.96. The number of hydrogen-bond acceptors (Lipinski definition) is 4. The predicted octanol–water partition coefficient (Wildman–Crippen LogP) is 3.69. The summed E-state index contributed by atoms with van der Waals surface area (Å²) in [5.41, 5.74) is 3.32. The molecule has 0 aliphatic carbocycles. The van der Waals surface area contributed by atoms with Crippen LogP contribution in [0.2, 0.25) is 0 Å². The Hall–Kier alpha value is -2.49. The summed E-state index contributed by atoms with van der Waals surface area (Å²) in [5.74, 6) is 0.910. The fourth-order valence-electron chi connectivity index (χ4n) is 2.68. The summed E-state index contributed by atoms with van der Waals surface area (Å²) in [4.78, 5) is 13.1. The minimum atomic E-state index is 0.910. The highest BCUT2D eigenvalue weighted by atomic mass is 15.0. The molecule has 0 spiro atoms. The molecule has 0 saturated heterocycles. The maximum Gasteiger partial charge on any atom is 0.132 e. The van der Waals surface area contributed by atoms with E-state index in [4.69, 9.17) is 0 Å². The zero-order valence-electron chi connectivity index (χ0n) is 12.3. The van der Waals surface area contributed by atoms with Gasteiger partial charge < -0.3 is 5.32 Å². The molecule has 0 aliphatic heterocycles. The molecule has 3 rings (SSSR count). The van der Waals surface area contributed by atoms with Crippen molar-refractivity contribution >= 4 is 16.6 Å². The molecule has 0 bridgehead atoms. The number of hydrogen-bond donors (Lipinski definition) is 1. The summed E-state index contributed by atoms with van der Waals surface area (Å²) < 4.78 is 0. The minimum absolute atomic E-state index is 0.910. The highest BCUT2D eigenvalue weighted by Crippen LogP contribution is 2.31. The second-order valence-electron chi connectivity index (χ2n) is 4.95. The van der Waals surface area contributed by atoms with Crippen LogP contribution in [0.1, 0.15) is 18.9 Å². The van der Waals surface area contributed by atoms with Gasteiger partial charge in [-0.2, -0.15) is 0 Å². The van der Waals surface area contributed by atoms with Crippen molar-refractivity contribution in [2.45, 2.75) is 19.8 Å². The first kappa shape index (κ1) is 13.5. The third kappa shape index (κ3) is 2.44. The van der Waals surface area contributed by atoms with E-state index in [2.05, 4.69) is 45.4 Å². The molecule has 21 heavy (non-hydrogen) atoms. The Morgan fingerprint density at radius 1 is 1.14 bits per heavy atom. The van der Waals surface area contributed by atoms with Crippen LogP contribution < -0.4 is 5.32 Å². The SMILES string of the molecule is CCCc1c(NC)ncnc1-c1cccc2cnccc12. The molecule has 2 heterocycles.